The Hall–Kier alpha value is -1.41. The van der Waals surface area contributed by atoms with Gasteiger partial charge in [-0.15, -0.1) is 0 Å². The highest BCUT2D eigenvalue weighted by molar-refractivity contribution is 5.80. The molecule has 1 saturated heterocycles. The Kier molecular flexibility index (Phi) is 33.4. The Labute approximate surface area is 340 Å². The van der Waals surface area contributed by atoms with E-state index >= 15 is 0 Å². The van der Waals surface area contributed by atoms with Crippen molar-refractivity contribution in [3.8, 4) is 0 Å². The number of aliphatic hydroxyl groups excluding tert-OH is 7. The highest BCUT2D eigenvalue weighted by Crippen LogP contribution is 2.23. The number of rotatable bonds is 37. The minimum Gasteiger partial charge on any atom is -0.394 e. The van der Waals surface area contributed by atoms with Crippen LogP contribution < -0.4 is 5.32 Å². The van der Waals surface area contributed by atoms with Crippen molar-refractivity contribution in [3.05, 3.63) is 24.3 Å². The van der Waals surface area contributed by atoms with Crippen LogP contribution in [-0.2, 0) is 14.3 Å². The summed E-state index contributed by atoms with van der Waals surface area (Å²) in [5.74, 6) is -0.709. The molecule has 8 N–H and O–H groups in total. The van der Waals surface area contributed by atoms with E-state index in [9.17, 15) is 40.5 Å². The van der Waals surface area contributed by atoms with E-state index in [1.54, 1.807) is 0 Å². The average molecular weight is 800 g/mol. The summed E-state index contributed by atoms with van der Waals surface area (Å²) >= 11 is 0. The second kappa shape index (κ2) is 35.5. The van der Waals surface area contributed by atoms with Gasteiger partial charge in [0.25, 0.3) is 0 Å². The minimum atomic E-state index is -1.66. The molecule has 1 fully saturated rings. The first kappa shape index (κ1) is 52.6. The molecular weight excluding hydrogens is 714 g/mol. The van der Waals surface area contributed by atoms with Crippen molar-refractivity contribution >= 4 is 5.91 Å². The molecule has 11 nitrogen and oxygen atoms in total. The monoisotopic (exact) mass is 800 g/mol. The molecule has 1 rings (SSSR count). The van der Waals surface area contributed by atoms with Gasteiger partial charge in [-0.1, -0.05) is 167 Å². The lowest BCUT2D eigenvalue weighted by molar-refractivity contribution is -0.303. The van der Waals surface area contributed by atoms with Crippen molar-refractivity contribution in [1.82, 2.24) is 5.32 Å². The Morgan fingerprint density at radius 3 is 1.61 bits per heavy atom. The summed E-state index contributed by atoms with van der Waals surface area (Å²) in [7, 11) is 0. The van der Waals surface area contributed by atoms with Gasteiger partial charge in [0, 0.05) is 0 Å². The quantitative estimate of drug-likeness (QED) is 0.0239. The van der Waals surface area contributed by atoms with E-state index in [1.165, 1.54) is 103 Å². The average Bonchev–Trinajstić information content (AvgIpc) is 3.20. The molecule has 9 unspecified atom stereocenters. The number of carbonyl (C=O) groups excluding carboxylic acids is 1. The Morgan fingerprint density at radius 1 is 0.625 bits per heavy atom. The Morgan fingerprint density at radius 2 is 1.09 bits per heavy atom. The molecule has 0 spiro atoms. The third-order valence-corrected chi connectivity index (χ3v) is 11.0. The van der Waals surface area contributed by atoms with Crippen molar-refractivity contribution in [3.63, 3.8) is 0 Å². The largest absolute Gasteiger partial charge is 0.394 e. The molecule has 0 aromatic rings. The van der Waals surface area contributed by atoms with Crippen molar-refractivity contribution in [2.75, 3.05) is 13.2 Å². The van der Waals surface area contributed by atoms with Gasteiger partial charge < -0.3 is 50.5 Å². The van der Waals surface area contributed by atoms with Crippen LogP contribution in [-0.4, -0.2) is 110 Å². The van der Waals surface area contributed by atoms with Gasteiger partial charge in [-0.25, -0.2) is 0 Å². The molecule has 330 valence electrons. The lowest BCUT2D eigenvalue weighted by Gasteiger charge is -2.40. The lowest BCUT2D eigenvalue weighted by atomic mass is 9.98. The molecule has 0 aliphatic carbocycles. The fourth-order valence-electron chi connectivity index (χ4n) is 7.18. The van der Waals surface area contributed by atoms with Gasteiger partial charge in [0.2, 0.25) is 5.91 Å². The maximum Gasteiger partial charge on any atom is 0.249 e. The smallest absolute Gasteiger partial charge is 0.249 e. The topological polar surface area (TPSA) is 189 Å². The number of ether oxygens (including phenoxy) is 2. The third-order valence-electron chi connectivity index (χ3n) is 11.0. The molecule has 1 amide bonds. The van der Waals surface area contributed by atoms with E-state index in [0.717, 1.165) is 44.9 Å². The number of carbonyl (C=O) groups is 1. The highest BCUT2D eigenvalue weighted by Gasteiger charge is 2.44. The standard InChI is InChI=1S/C45H85NO10/c1-3-5-7-8-9-10-11-12-13-14-15-16-17-18-19-20-21-22-23-24-25-26-27-28-29-31-33-38(49)44(54)46-36(40(50)37(48)32-30-6-4-2)35-55-45-43(53)42(52)41(51)39(34-47)56-45/h15-16,18-19,36-43,45,47-53H,3-14,17,20-35H2,1-2H3,(H,46,54)/b16-15-,19-18-. The second-order valence-electron chi connectivity index (χ2n) is 16.1. The summed E-state index contributed by atoms with van der Waals surface area (Å²) in [6.07, 6.45) is 27.9. The summed E-state index contributed by atoms with van der Waals surface area (Å²) in [4.78, 5) is 12.9. The molecule has 0 bridgehead atoms. The first-order chi connectivity index (χ1) is 27.2. The van der Waals surface area contributed by atoms with Crippen LogP contribution in [0.4, 0.5) is 0 Å². The van der Waals surface area contributed by atoms with Crippen molar-refractivity contribution in [1.29, 1.82) is 0 Å². The van der Waals surface area contributed by atoms with Gasteiger partial charge in [0.15, 0.2) is 6.29 Å². The van der Waals surface area contributed by atoms with Crippen LogP contribution in [0.2, 0.25) is 0 Å². The maximum absolute atomic E-state index is 12.9. The van der Waals surface area contributed by atoms with Crippen molar-refractivity contribution in [2.45, 2.75) is 242 Å². The normalized spacial score (nSPS) is 22.5. The fourth-order valence-corrected chi connectivity index (χ4v) is 7.18. The fraction of sp³-hybridized carbons (Fsp3) is 0.889. The number of amides is 1. The van der Waals surface area contributed by atoms with Gasteiger partial charge >= 0.3 is 0 Å². The van der Waals surface area contributed by atoms with Gasteiger partial charge in [-0.05, 0) is 44.9 Å². The first-order valence-corrected chi connectivity index (χ1v) is 22.7. The highest BCUT2D eigenvalue weighted by atomic mass is 16.7. The van der Waals surface area contributed by atoms with E-state index in [-0.39, 0.29) is 6.42 Å². The van der Waals surface area contributed by atoms with Crippen LogP contribution in [0.25, 0.3) is 0 Å². The SMILES string of the molecule is CCCCCCCCCCC/C=C\C/C=C\CCCCCCCCCCCCC(O)C(=O)NC(COC1OC(CO)C(O)C(O)C1O)C(O)C(O)CCCCC. The van der Waals surface area contributed by atoms with Crippen LogP contribution in [0, 0.1) is 0 Å². The van der Waals surface area contributed by atoms with E-state index in [0.29, 0.717) is 19.3 Å². The minimum absolute atomic E-state index is 0.255. The van der Waals surface area contributed by atoms with Crippen molar-refractivity contribution < 1.29 is 50.0 Å². The molecule has 56 heavy (non-hydrogen) atoms. The Bertz CT molecular complexity index is 965. The van der Waals surface area contributed by atoms with Crippen LogP contribution >= 0.6 is 0 Å². The van der Waals surface area contributed by atoms with Gasteiger partial charge in [-0.2, -0.15) is 0 Å². The van der Waals surface area contributed by atoms with Crippen LogP contribution in [0.3, 0.4) is 0 Å². The summed E-state index contributed by atoms with van der Waals surface area (Å²) < 4.78 is 10.9. The predicted molar refractivity (Wildman–Crippen MR) is 224 cm³/mol. The molecule has 0 radical (unpaired) electrons. The van der Waals surface area contributed by atoms with Crippen LogP contribution in [0.1, 0.15) is 187 Å². The van der Waals surface area contributed by atoms with E-state index < -0.39 is 74.2 Å². The maximum atomic E-state index is 12.9. The summed E-state index contributed by atoms with van der Waals surface area (Å²) in [6.45, 7) is 3.23. The van der Waals surface area contributed by atoms with Gasteiger partial charge in [0.05, 0.1) is 25.4 Å². The number of allylic oxidation sites excluding steroid dienone is 4. The third kappa shape index (κ3) is 25.2. The molecule has 0 saturated carbocycles. The van der Waals surface area contributed by atoms with Crippen LogP contribution in [0.5, 0.6) is 0 Å². The van der Waals surface area contributed by atoms with Gasteiger partial charge in [0.1, 0.15) is 36.6 Å². The zero-order chi connectivity index (χ0) is 41.2. The van der Waals surface area contributed by atoms with E-state index in [4.69, 9.17) is 9.47 Å². The number of unbranched alkanes of at least 4 members (excludes halogenated alkanes) is 21. The van der Waals surface area contributed by atoms with Gasteiger partial charge in [-0.3, -0.25) is 4.79 Å². The zero-order valence-electron chi connectivity index (χ0n) is 35.4. The molecule has 1 aliphatic rings. The zero-order valence-corrected chi connectivity index (χ0v) is 35.4. The second-order valence-corrected chi connectivity index (χ2v) is 16.1. The molecular formula is C45H85NO10. The van der Waals surface area contributed by atoms with E-state index in [2.05, 4.69) is 36.5 Å². The van der Waals surface area contributed by atoms with Crippen molar-refractivity contribution in [2.24, 2.45) is 0 Å². The first-order valence-electron chi connectivity index (χ1n) is 22.7. The number of hydrogen-bond donors (Lipinski definition) is 8. The molecule has 9 atom stereocenters. The Balaban J connectivity index is 2.19. The number of hydrogen-bond acceptors (Lipinski definition) is 10. The van der Waals surface area contributed by atoms with Crippen LogP contribution in [0.15, 0.2) is 24.3 Å². The summed E-state index contributed by atoms with van der Waals surface area (Å²) in [5, 5.41) is 74.6. The predicted octanol–water partition coefficient (Wildman–Crippen LogP) is 7.06. The summed E-state index contributed by atoms with van der Waals surface area (Å²) in [6, 6.07) is -1.16. The molecule has 1 aliphatic heterocycles. The number of nitrogens with one attached hydrogen (secondary N) is 1. The molecule has 0 aromatic heterocycles. The molecule has 0 aromatic carbocycles. The number of aliphatic hydroxyl groups is 7. The molecule has 11 heteroatoms. The molecule has 1 heterocycles. The van der Waals surface area contributed by atoms with E-state index in [1.807, 2.05) is 6.92 Å². The summed E-state index contributed by atoms with van der Waals surface area (Å²) in [5.41, 5.74) is 0. The lowest BCUT2D eigenvalue weighted by Crippen LogP contribution is -2.60.